The van der Waals surface area contributed by atoms with Crippen LogP contribution in [0.1, 0.15) is 31.2 Å². The van der Waals surface area contributed by atoms with Crippen molar-refractivity contribution in [3.05, 3.63) is 29.8 Å². The molecule has 2 bridgehead atoms. The lowest BCUT2D eigenvalue weighted by Crippen LogP contribution is -2.23. The molecule has 3 atom stereocenters. The van der Waals surface area contributed by atoms with Crippen molar-refractivity contribution < 1.29 is 4.74 Å². The zero-order chi connectivity index (χ0) is 12.4. The SMILES string of the molecule is NCC#Cc1ccc(OC2CC3CCC2C3)cc1. The Morgan fingerprint density at radius 1 is 1.17 bits per heavy atom. The lowest BCUT2D eigenvalue weighted by Gasteiger charge is -2.23. The highest BCUT2D eigenvalue weighted by molar-refractivity contribution is 5.38. The number of nitrogens with two attached hydrogens (primary N) is 1. The molecule has 2 nitrogen and oxygen atoms in total. The van der Waals surface area contributed by atoms with Crippen LogP contribution < -0.4 is 10.5 Å². The van der Waals surface area contributed by atoms with Gasteiger partial charge in [-0.1, -0.05) is 11.8 Å². The van der Waals surface area contributed by atoms with Crippen LogP contribution in [0.3, 0.4) is 0 Å². The highest BCUT2D eigenvalue weighted by atomic mass is 16.5. The molecule has 94 valence electrons. The highest BCUT2D eigenvalue weighted by Crippen LogP contribution is 2.45. The number of fused-ring (bicyclic) bond motifs is 2. The molecule has 3 unspecified atom stereocenters. The fourth-order valence-corrected chi connectivity index (χ4v) is 3.28. The van der Waals surface area contributed by atoms with Gasteiger partial charge in [0.1, 0.15) is 11.9 Å². The quantitative estimate of drug-likeness (QED) is 0.808. The molecule has 18 heavy (non-hydrogen) atoms. The first-order chi connectivity index (χ1) is 8.85. The van der Waals surface area contributed by atoms with Gasteiger partial charge in [-0.3, -0.25) is 0 Å². The Morgan fingerprint density at radius 2 is 2.00 bits per heavy atom. The summed E-state index contributed by atoms with van der Waals surface area (Å²) in [5.41, 5.74) is 6.35. The monoisotopic (exact) mass is 241 g/mol. The van der Waals surface area contributed by atoms with Crippen molar-refractivity contribution in [2.75, 3.05) is 6.54 Å². The van der Waals surface area contributed by atoms with E-state index in [1.165, 1.54) is 25.7 Å². The Kier molecular flexibility index (Phi) is 3.25. The fraction of sp³-hybridized carbons (Fsp3) is 0.500. The van der Waals surface area contributed by atoms with E-state index in [-0.39, 0.29) is 0 Å². The van der Waals surface area contributed by atoms with Crippen LogP contribution in [0.4, 0.5) is 0 Å². The Bertz CT molecular complexity index is 468. The van der Waals surface area contributed by atoms with Crippen molar-refractivity contribution >= 4 is 0 Å². The van der Waals surface area contributed by atoms with Gasteiger partial charge in [0.05, 0.1) is 6.54 Å². The van der Waals surface area contributed by atoms with Crippen LogP contribution in [0.2, 0.25) is 0 Å². The first kappa shape index (κ1) is 11.6. The lowest BCUT2D eigenvalue weighted by atomic mass is 9.98. The topological polar surface area (TPSA) is 35.2 Å². The second kappa shape index (κ2) is 5.04. The average molecular weight is 241 g/mol. The number of hydrogen-bond acceptors (Lipinski definition) is 2. The van der Waals surface area contributed by atoms with Crippen LogP contribution in [-0.2, 0) is 0 Å². The number of hydrogen-bond donors (Lipinski definition) is 1. The number of ether oxygens (including phenoxy) is 1. The third kappa shape index (κ3) is 2.37. The van der Waals surface area contributed by atoms with Gasteiger partial charge in [-0.25, -0.2) is 0 Å². The largest absolute Gasteiger partial charge is 0.490 e. The maximum Gasteiger partial charge on any atom is 0.119 e. The van der Waals surface area contributed by atoms with E-state index in [1.54, 1.807) is 0 Å². The van der Waals surface area contributed by atoms with Crippen LogP contribution >= 0.6 is 0 Å². The van der Waals surface area contributed by atoms with Crippen molar-refractivity contribution in [1.29, 1.82) is 0 Å². The van der Waals surface area contributed by atoms with Crippen LogP contribution in [0.25, 0.3) is 0 Å². The minimum Gasteiger partial charge on any atom is -0.490 e. The Hall–Kier alpha value is -1.46. The summed E-state index contributed by atoms with van der Waals surface area (Å²) in [7, 11) is 0. The molecule has 0 amide bonds. The fourth-order valence-electron chi connectivity index (χ4n) is 3.28. The molecule has 0 aliphatic heterocycles. The molecule has 2 aliphatic carbocycles. The van der Waals surface area contributed by atoms with Crippen LogP contribution in [0.15, 0.2) is 24.3 Å². The van der Waals surface area contributed by atoms with Gasteiger partial charge in [0, 0.05) is 5.56 Å². The van der Waals surface area contributed by atoms with E-state index in [1.807, 2.05) is 24.3 Å². The number of rotatable bonds is 2. The second-order valence-electron chi connectivity index (χ2n) is 5.36. The van der Waals surface area contributed by atoms with E-state index in [2.05, 4.69) is 11.8 Å². The molecule has 2 saturated carbocycles. The third-order valence-electron chi connectivity index (χ3n) is 4.15. The maximum atomic E-state index is 6.10. The molecule has 0 spiro atoms. The zero-order valence-corrected chi connectivity index (χ0v) is 10.6. The summed E-state index contributed by atoms with van der Waals surface area (Å²) in [4.78, 5) is 0. The van der Waals surface area contributed by atoms with Crippen molar-refractivity contribution in [2.24, 2.45) is 17.6 Å². The summed E-state index contributed by atoms with van der Waals surface area (Å²) in [6.45, 7) is 0.406. The second-order valence-corrected chi connectivity index (χ2v) is 5.36. The Balaban J connectivity index is 1.63. The summed E-state index contributed by atoms with van der Waals surface area (Å²) < 4.78 is 6.10. The van der Waals surface area contributed by atoms with Crippen molar-refractivity contribution in [1.82, 2.24) is 0 Å². The van der Waals surface area contributed by atoms with Crippen LogP contribution in [-0.4, -0.2) is 12.6 Å². The standard InChI is InChI=1S/C16H19NO/c17-9-1-2-12-4-7-15(8-5-12)18-16-11-13-3-6-14(16)10-13/h4-5,7-8,13-14,16H,3,6,9-11,17H2. The average Bonchev–Trinajstić information content (AvgIpc) is 3.00. The molecule has 0 heterocycles. The molecule has 2 aliphatic rings. The molecule has 0 radical (unpaired) electrons. The Morgan fingerprint density at radius 3 is 2.61 bits per heavy atom. The van der Waals surface area contributed by atoms with Crippen LogP contribution in [0.5, 0.6) is 5.75 Å². The van der Waals surface area contributed by atoms with Gasteiger partial charge >= 0.3 is 0 Å². The summed E-state index contributed by atoms with van der Waals surface area (Å²) in [5.74, 6) is 8.58. The maximum absolute atomic E-state index is 6.10. The zero-order valence-electron chi connectivity index (χ0n) is 10.6. The molecule has 2 heteroatoms. The van der Waals surface area contributed by atoms with E-state index < -0.39 is 0 Å². The lowest BCUT2D eigenvalue weighted by molar-refractivity contribution is 0.138. The van der Waals surface area contributed by atoms with Gasteiger partial charge in [0.15, 0.2) is 0 Å². The third-order valence-corrected chi connectivity index (χ3v) is 4.15. The van der Waals surface area contributed by atoms with E-state index >= 15 is 0 Å². The van der Waals surface area contributed by atoms with E-state index in [0.717, 1.165) is 23.1 Å². The smallest absolute Gasteiger partial charge is 0.119 e. The van der Waals surface area contributed by atoms with Gasteiger partial charge in [0.2, 0.25) is 0 Å². The molecular weight excluding hydrogens is 222 g/mol. The summed E-state index contributed by atoms with van der Waals surface area (Å²) in [6, 6.07) is 8.05. The van der Waals surface area contributed by atoms with Gasteiger partial charge < -0.3 is 10.5 Å². The summed E-state index contributed by atoms with van der Waals surface area (Å²) in [6.07, 6.45) is 5.85. The molecule has 0 aromatic heterocycles. The van der Waals surface area contributed by atoms with Gasteiger partial charge in [0.25, 0.3) is 0 Å². The first-order valence-corrected chi connectivity index (χ1v) is 6.81. The first-order valence-electron chi connectivity index (χ1n) is 6.81. The predicted octanol–water partition coefficient (Wildman–Crippen LogP) is 2.56. The van der Waals surface area contributed by atoms with Gasteiger partial charge in [-0.05, 0) is 61.8 Å². The molecule has 0 saturated heterocycles. The van der Waals surface area contributed by atoms with E-state index in [9.17, 15) is 0 Å². The Labute approximate surface area is 109 Å². The highest BCUT2D eigenvalue weighted by Gasteiger charge is 2.40. The van der Waals surface area contributed by atoms with Crippen molar-refractivity contribution in [3.63, 3.8) is 0 Å². The van der Waals surface area contributed by atoms with Crippen molar-refractivity contribution in [2.45, 2.75) is 31.8 Å². The number of benzene rings is 1. The molecule has 1 aromatic carbocycles. The van der Waals surface area contributed by atoms with Gasteiger partial charge in [-0.2, -0.15) is 0 Å². The minimum atomic E-state index is 0.406. The molecule has 2 fully saturated rings. The predicted molar refractivity (Wildman–Crippen MR) is 72.2 cm³/mol. The van der Waals surface area contributed by atoms with Crippen LogP contribution in [0, 0.1) is 23.7 Å². The van der Waals surface area contributed by atoms with E-state index in [0.29, 0.717) is 12.6 Å². The van der Waals surface area contributed by atoms with E-state index in [4.69, 9.17) is 10.5 Å². The molecular formula is C16H19NO. The minimum absolute atomic E-state index is 0.406. The molecule has 2 N–H and O–H groups in total. The van der Waals surface area contributed by atoms with Gasteiger partial charge in [-0.15, -0.1) is 0 Å². The summed E-state index contributed by atoms with van der Waals surface area (Å²) in [5, 5.41) is 0. The van der Waals surface area contributed by atoms with Crippen molar-refractivity contribution in [3.8, 4) is 17.6 Å². The molecule has 3 rings (SSSR count). The summed E-state index contributed by atoms with van der Waals surface area (Å²) >= 11 is 0. The molecule has 1 aromatic rings. The normalized spacial score (nSPS) is 28.8.